The van der Waals surface area contributed by atoms with E-state index in [0.29, 0.717) is 22.3 Å². The van der Waals surface area contributed by atoms with Crippen molar-refractivity contribution in [2.24, 2.45) is 0 Å². The number of aromatic nitrogens is 2. The predicted molar refractivity (Wildman–Crippen MR) is 96.2 cm³/mol. The molecule has 1 amide bonds. The van der Waals surface area contributed by atoms with Crippen molar-refractivity contribution in [1.29, 1.82) is 5.26 Å². The van der Waals surface area contributed by atoms with Crippen LogP contribution in [0.1, 0.15) is 5.56 Å². The lowest BCUT2D eigenvalue weighted by atomic mass is 10.1. The lowest BCUT2D eigenvalue weighted by Crippen LogP contribution is -2.14. The topological polar surface area (TPSA) is 81.6 Å². The lowest BCUT2D eigenvalue weighted by molar-refractivity contribution is -0.113. The zero-order valence-corrected chi connectivity index (χ0v) is 14.1. The molecule has 0 aliphatic rings. The van der Waals surface area contributed by atoms with Crippen LogP contribution < -0.4 is 5.32 Å². The van der Waals surface area contributed by atoms with Crippen molar-refractivity contribution in [3.63, 3.8) is 0 Å². The van der Waals surface area contributed by atoms with Crippen LogP contribution in [0.2, 0.25) is 5.02 Å². The Labute approximate surface area is 148 Å². The molecule has 0 atom stereocenters. The second kappa shape index (κ2) is 7.39. The minimum Gasteiger partial charge on any atom is -0.333 e. The number of carbonyl (C=O) groups excluding carboxylic acids is 1. The van der Waals surface area contributed by atoms with Crippen LogP contribution >= 0.6 is 23.4 Å². The first-order valence-electron chi connectivity index (χ1n) is 7.18. The van der Waals surface area contributed by atoms with Gasteiger partial charge in [-0.1, -0.05) is 35.5 Å². The maximum Gasteiger partial charge on any atom is 0.234 e. The largest absolute Gasteiger partial charge is 0.333 e. The first-order chi connectivity index (χ1) is 11.6. The summed E-state index contributed by atoms with van der Waals surface area (Å²) in [6.45, 7) is 0. The summed E-state index contributed by atoms with van der Waals surface area (Å²) in [4.78, 5) is 19.6. The number of fused-ring (bicyclic) bond motifs is 1. The van der Waals surface area contributed by atoms with E-state index in [9.17, 15) is 4.79 Å². The van der Waals surface area contributed by atoms with Crippen molar-refractivity contribution in [1.82, 2.24) is 9.97 Å². The zero-order valence-electron chi connectivity index (χ0n) is 12.5. The van der Waals surface area contributed by atoms with Gasteiger partial charge in [0.25, 0.3) is 0 Å². The van der Waals surface area contributed by atoms with Gasteiger partial charge < -0.3 is 10.3 Å². The summed E-state index contributed by atoms with van der Waals surface area (Å²) in [6.07, 6.45) is 0.361. The van der Waals surface area contributed by atoms with E-state index in [4.69, 9.17) is 16.9 Å². The molecule has 3 rings (SSSR count). The molecular weight excluding hydrogens is 344 g/mol. The minimum atomic E-state index is -0.119. The Kier molecular flexibility index (Phi) is 5.04. The third kappa shape index (κ3) is 4.07. The molecule has 0 unspecified atom stereocenters. The van der Waals surface area contributed by atoms with Crippen LogP contribution in [0.4, 0.5) is 5.69 Å². The van der Waals surface area contributed by atoms with E-state index in [0.717, 1.165) is 16.6 Å². The molecular formula is C17H13ClN4OS. The van der Waals surface area contributed by atoms with Gasteiger partial charge in [-0.25, -0.2) is 4.98 Å². The number of nitrogens with zero attached hydrogens (tertiary/aromatic N) is 2. The van der Waals surface area contributed by atoms with Crippen molar-refractivity contribution >= 4 is 46.0 Å². The zero-order chi connectivity index (χ0) is 16.9. The molecule has 0 saturated carbocycles. The summed E-state index contributed by atoms with van der Waals surface area (Å²) in [6, 6.07) is 14.7. The van der Waals surface area contributed by atoms with Gasteiger partial charge in [-0.2, -0.15) is 5.26 Å². The SMILES string of the molecule is N#CCc1ccc(NC(=O)CSc2nc3ccc(Cl)cc3[nH]2)cc1. The van der Waals surface area contributed by atoms with E-state index >= 15 is 0 Å². The number of anilines is 1. The minimum absolute atomic E-state index is 0.119. The van der Waals surface area contributed by atoms with Crippen LogP contribution in [-0.2, 0) is 11.2 Å². The Morgan fingerprint density at radius 2 is 2.08 bits per heavy atom. The molecule has 1 heterocycles. The molecule has 1 aromatic heterocycles. The predicted octanol–water partition coefficient (Wildman–Crippen LogP) is 4.01. The molecule has 0 aliphatic carbocycles. The molecule has 0 aliphatic heterocycles. The first-order valence-corrected chi connectivity index (χ1v) is 8.54. The molecule has 2 N–H and O–H groups in total. The highest BCUT2D eigenvalue weighted by molar-refractivity contribution is 7.99. The summed E-state index contributed by atoms with van der Waals surface area (Å²) in [5.41, 5.74) is 3.29. The average molecular weight is 357 g/mol. The van der Waals surface area contributed by atoms with Gasteiger partial charge in [0.15, 0.2) is 5.16 Å². The molecule has 3 aromatic rings. The van der Waals surface area contributed by atoms with E-state index in [1.54, 1.807) is 24.3 Å². The van der Waals surface area contributed by atoms with Gasteiger partial charge in [0, 0.05) is 10.7 Å². The summed E-state index contributed by atoms with van der Waals surface area (Å²) in [7, 11) is 0. The van der Waals surface area contributed by atoms with E-state index in [2.05, 4.69) is 21.4 Å². The molecule has 0 radical (unpaired) electrons. The number of hydrogen-bond donors (Lipinski definition) is 2. The van der Waals surface area contributed by atoms with E-state index in [1.165, 1.54) is 11.8 Å². The number of nitrogens with one attached hydrogen (secondary N) is 2. The monoisotopic (exact) mass is 356 g/mol. The third-order valence-corrected chi connectivity index (χ3v) is 4.39. The maximum absolute atomic E-state index is 12.0. The Bertz CT molecular complexity index is 914. The van der Waals surface area contributed by atoms with E-state index in [1.807, 2.05) is 18.2 Å². The standard InChI is InChI=1S/C17H13ClN4OS/c18-12-3-6-14-15(9-12)22-17(21-14)24-10-16(23)20-13-4-1-11(2-5-13)7-8-19/h1-6,9H,7,10H2,(H,20,23)(H,21,22). The van der Waals surface area contributed by atoms with Crippen molar-refractivity contribution in [2.75, 3.05) is 11.1 Å². The van der Waals surface area contributed by atoms with E-state index < -0.39 is 0 Å². The number of imidazole rings is 1. The van der Waals surface area contributed by atoms with Crippen molar-refractivity contribution < 1.29 is 4.79 Å². The summed E-state index contributed by atoms with van der Waals surface area (Å²) in [5.74, 6) is 0.125. The number of aromatic amines is 1. The molecule has 5 nitrogen and oxygen atoms in total. The van der Waals surface area contributed by atoms with Gasteiger partial charge in [-0.15, -0.1) is 0 Å². The first kappa shape index (κ1) is 16.4. The second-order valence-electron chi connectivity index (χ2n) is 5.07. The second-order valence-corrected chi connectivity index (χ2v) is 6.47. The van der Waals surface area contributed by atoms with Gasteiger partial charge in [-0.3, -0.25) is 4.79 Å². The number of rotatable bonds is 5. The molecule has 7 heteroatoms. The van der Waals surface area contributed by atoms with Gasteiger partial charge >= 0.3 is 0 Å². The summed E-state index contributed by atoms with van der Waals surface area (Å²) < 4.78 is 0. The van der Waals surface area contributed by atoms with Gasteiger partial charge in [0.2, 0.25) is 5.91 Å². The van der Waals surface area contributed by atoms with Crippen LogP contribution in [0.5, 0.6) is 0 Å². The normalized spacial score (nSPS) is 10.5. The number of hydrogen-bond acceptors (Lipinski definition) is 4. The highest BCUT2D eigenvalue weighted by Gasteiger charge is 2.08. The smallest absolute Gasteiger partial charge is 0.234 e. The fourth-order valence-electron chi connectivity index (χ4n) is 2.15. The number of halogens is 1. The molecule has 0 fully saturated rings. The Morgan fingerprint density at radius 1 is 1.29 bits per heavy atom. The van der Waals surface area contributed by atoms with Gasteiger partial charge in [-0.05, 0) is 35.9 Å². The molecule has 0 spiro atoms. The van der Waals surface area contributed by atoms with Gasteiger partial charge in [0.05, 0.1) is 29.3 Å². The molecule has 24 heavy (non-hydrogen) atoms. The van der Waals surface area contributed by atoms with Crippen LogP contribution in [0, 0.1) is 11.3 Å². The molecule has 0 bridgehead atoms. The number of carbonyl (C=O) groups is 1. The number of amides is 1. The molecule has 0 saturated heterocycles. The molecule has 2 aromatic carbocycles. The Hall–Kier alpha value is -2.49. The van der Waals surface area contributed by atoms with Crippen molar-refractivity contribution in [3.8, 4) is 6.07 Å². The fraction of sp³-hybridized carbons (Fsp3) is 0.118. The van der Waals surface area contributed by atoms with Crippen LogP contribution in [0.25, 0.3) is 11.0 Å². The number of benzene rings is 2. The fourth-order valence-corrected chi connectivity index (χ4v) is 3.01. The van der Waals surface area contributed by atoms with Crippen molar-refractivity contribution in [2.45, 2.75) is 11.6 Å². The van der Waals surface area contributed by atoms with Crippen LogP contribution in [0.3, 0.4) is 0 Å². The number of thioether (sulfide) groups is 1. The Morgan fingerprint density at radius 3 is 2.83 bits per heavy atom. The number of H-pyrrole nitrogens is 1. The van der Waals surface area contributed by atoms with Gasteiger partial charge in [0.1, 0.15) is 0 Å². The highest BCUT2D eigenvalue weighted by atomic mass is 35.5. The quantitative estimate of drug-likeness (QED) is 0.676. The summed E-state index contributed by atoms with van der Waals surface area (Å²) in [5, 5.41) is 12.8. The molecule has 120 valence electrons. The number of nitriles is 1. The highest BCUT2D eigenvalue weighted by Crippen LogP contribution is 2.22. The summed E-state index contributed by atoms with van der Waals surface area (Å²) >= 11 is 7.27. The van der Waals surface area contributed by atoms with Crippen LogP contribution in [0.15, 0.2) is 47.6 Å². The van der Waals surface area contributed by atoms with Crippen LogP contribution in [-0.4, -0.2) is 21.6 Å². The third-order valence-electron chi connectivity index (χ3n) is 3.28. The van der Waals surface area contributed by atoms with Crippen molar-refractivity contribution in [3.05, 3.63) is 53.1 Å². The maximum atomic E-state index is 12.0. The Balaban J connectivity index is 1.57. The average Bonchev–Trinajstić information content (AvgIpc) is 2.97. The lowest BCUT2D eigenvalue weighted by Gasteiger charge is -2.04. The van der Waals surface area contributed by atoms with E-state index in [-0.39, 0.29) is 11.7 Å².